The average molecular weight is 337 g/mol. The van der Waals surface area contributed by atoms with Gasteiger partial charge in [-0.15, -0.1) is 10.2 Å². The monoisotopic (exact) mass is 337 g/mol. The zero-order valence-electron chi connectivity index (χ0n) is 13.9. The van der Waals surface area contributed by atoms with Crippen molar-refractivity contribution in [2.45, 2.75) is 18.9 Å². The number of aromatic nitrogens is 3. The van der Waals surface area contributed by atoms with Gasteiger partial charge in [-0.25, -0.2) is 0 Å². The normalized spacial score (nSPS) is 20.2. The molecule has 0 radical (unpaired) electrons. The van der Waals surface area contributed by atoms with Crippen molar-refractivity contribution in [3.63, 3.8) is 0 Å². The summed E-state index contributed by atoms with van der Waals surface area (Å²) in [5.74, 6) is 1.73. The Kier molecular flexibility index (Phi) is 3.85. The van der Waals surface area contributed by atoms with Crippen LogP contribution in [0.25, 0.3) is 5.69 Å². The summed E-state index contributed by atoms with van der Waals surface area (Å²) in [6, 6.07) is 11.1. The molecule has 2 N–H and O–H groups in total. The van der Waals surface area contributed by atoms with Gasteiger partial charge in [0, 0.05) is 30.4 Å². The number of likely N-dealkylation sites (tertiary alicyclic amines) is 1. The fraction of sp³-hybridized carbons (Fsp3) is 0.278. The number of rotatable bonds is 3. The third-order valence-electron chi connectivity index (χ3n) is 4.61. The molecule has 128 valence electrons. The first kappa shape index (κ1) is 15.6. The molecule has 0 aliphatic carbocycles. The van der Waals surface area contributed by atoms with E-state index in [4.69, 9.17) is 10.2 Å². The molecule has 2 aromatic heterocycles. The molecule has 7 heteroatoms. The van der Waals surface area contributed by atoms with Gasteiger partial charge in [0.05, 0.1) is 5.92 Å². The molecule has 0 unspecified atom stereocenters. The van der Waals surface area contributed by atoms with Crippen molar-refractivity contribution < 1.29 is 9.21 Å². The van der Waals surface area contributed by atoms with Gasteiger partial charge >= 0.3 is 0 Å². The molecule has 3 aromatic rings. The maximum atomic E-state index is 12.8. The Balaban J connectivity index is 1.49. The molecule has 0 bridgehead atoms. The summed E-state index contributed by atoms with van der Waals surface area (Å²) in [5.41, 5.74) is 7.79. The molecule has 7 nitrogen and oxygen atoms in total. The predicted octanol–water partition coefficient (Wildman–Crippen LogP) is 1.74. The number of aryl methyl sites for hydroxylation is 1. The van der Waals surface area contributed by atoms with Crippen LogP contribution in [0.15, 0.2) is 53.5 Å². The van der Waals surface area contributed by atoms with Gasteiger partial charge in [-0.2, -0.15) is 0 Å². The maximum Gasteiger partial charge on any atom is 0.253 e. The SMILES string of the molecule is Cc1ccc([C@@H]2CN(C(=O)c3ccc(-n4cnnc4)cc3)C[C@H]2N)o1. The minimum absolute atomic E-state index is 0.0171. The summed E-state index contributed by atoms with van der Waals surface area (Å²) < 4.78 is 7.48. The van der Waals surface area contributed by atoms with Crippen molar-refractivity contribution in [3.05, 3.63) is 66.1 Å². The summed E-state index contributed by atoms with van der Waals surface area (Å²) in [6.45, 7) is 3.00. The number of carbonyl (C=O) groups is 1. The zero-order valence-corrected chi connectivity index (χ0v) is 13.9. The summed E-state index contributed by atoms with van der Waals surface area (Å²) in [7, 11) is 0. The molecule has 2 atom stereocenters. The fourth-order valence-corrected chi connectivity index (χ4v) is 3.24. The van der Waals surface area contributed by atoms with E-state index in [-0.39, 0.29) is 17.9 Å². The van der Waals surface area contributed by atoms with Crippen LogP contribution in [0.2, 0.25) is 0 Å². The lowest BCUT2D eigenvalue weighted by Crippen LogP contribution is -2.32. The Morgan fingerprint density at radius 2 is 1.84 bits per heavy atom. The molecule has 0 spiro atoms. The number of furan rings is 1. The van der Waals surface area contributed by atoms with Gasteiger partial charge < -0.3 is 15.1 Å². The van der Waals surface area contributed by atoms with Crippen molar-refractivity contribution in [3.8, 4) is 5.69 Å². The number of hydrogen-bond donors (Lipinski definition) is 1. The highest BCUT2D eigenvalue weighted by Gasteiger charge is 2.36. The highest BCUT2D eigenvalue weighted by atomic mass is 16.3. The lowest BCUT2D eigenvalue weighted by Gasteiger charge is -2.16. The smallest absolute Gasteiger partial charge is 0.253 e. The second-order valence-electron chi connectivity index (χ2n) is 6.34. The molecule has 1 amide bonds. The van der Waals surface area contributed by atoms with E-state index in [1.807, 2.05) is 43.3 Å². The van der Waals surface area contributed by atoms with E-state index in [2.05, 4.69) is 10.2 Å². The molecule has 25 heavy (non-hydrogen) atoms. The Hall–Kier alpha value is -2.93. The van der Waals surface area contributed by atoms with Gasteiger partial charge in [0.15, 0.2) is 0 Å². The lowest BCUT2D eigenvalue weighted by molar-refractivity contribution is 0.0788. The van der Waals surface area contributed by atoms with Crippen molar-refractivity contribution in [1.82, 2.24) is 19.7 Å². The second-order valence-corrected chi connectivity index (χ2v) is 6.34. The minimum Gasteiger partial charge on any atom is -0.466 e. The molecular weight excluding hydrogens is 318 g/mol. The highest BCUT2D eigenvalue weighted by Crippen LogP contribution is 2.29. The van der Waals surface area contributed by atoms with Crippen molar-refractivity contribution in [2.24, 2.45) is 5.73 Å². The van der Waals surface area contributed by atoms with Crippen molar-refractivity contribution in [1.29, 1.82) is 0 Å². The largest absolute Gasteiger partial charge is 0.466 e. The number of carbonyl (C=O) groups excluding carboxylic acids is 1. The molecule has 1 aliphatic rings. The Morgan fingerprint density at radius 1 is 1.12 bits per heavy atom. The van der Waals surface area contributed by atoms with Crippen LogP contribution >= 0.6 is 0 Å². The fourth-order valence-electron chi connectivity index (χ4n) is 3.24. The lowest BCUT2D eigenvalue weighted by atomic mass is 10.0. The van der Waals surface area contributed by atoms with Crippen LogP contribution in [-0.4, -0.2) is 44.7 Å². The van der Waals surface area contributed by atoms with Gasteiger partial charge in [-0.3, -0.25) is 9.36 Å². The molecule has 1 fully saturated rings. The molecule has 1 aliphatic heterocycles. The van der Waals surface area contributed by atoms with Crippen LogP contribution in [-0.2, 0) is 0 Å². The summed E-state index contributed by atoms with van der Waals surface area (Å²) in [4.78, 5) is 14.6. The standard InChI is InChI=1S/C18H19N5O2/c1-12-2-7-17(25-12)15-8-22(9-16(15)19)18(24)13-3-5-14(6-4-13)23-10-20-21-11-23/h2-7,10-11,15-16H,8-9,19H2,1H3/t15-,16-/m1/s1. The molecule has 4 rings (SSSR count). The number of nitrogens with two attached hydrogens (primary N) is 1. The van der Waals surface area contributed by atoms with Crippen LogP contribution in [0, 0.1) is 6.92 Å². The van der Waals surface area contributed by atoms with E-state index in [0.29, 0.717) is 18.7 Å². The van der Waals surface area contributed by atoms with Gasteiger partial charge in [0.1, 0.15) is 24.2 Å². The van der Waals surface area contributed by atoms with Gasteiger partial charge in [0.25, 0.3) is 5.91 Å². The second kappa shape index (κ2) is 6.18. The Morgan fingerprint density at radius 3 is 2.48 bits per heavy atom. The number of nitrogens with zero attached hydrogens (tertiary/aromatic N) is 4. The Labute approximate surface area is 145 Å². The van der Waals surface area contributed by atoms with E-state index < -0.39 is 0 Å². The van der Waals surface area contributed by atoms with Crippen molar-refractivity contribution in [2.75, 3.05) is 13.1 Å². The van der Waals surface area contributed by atoms with Crippen LogP contribution in [0.3, 0.4) is 0 Å². The van der Waals surface area contributed by atoms with Crippen LogP contribution in [0.5, 0.6) is 0 Å². The molecule has 1 aromatic carbocycles. The van der Waals surface area contributed by atoms with E-state index in [0.717, 1.165) is 17.2 Å². The van der Waals surface area contributed by atoms with Crippen LogP contribution in [0.1, 0.15) is 27.8 Å². The predicted molar refractivity (Wildman–Crippen MR) is 91.4 cm³/mol. The summed E-state index contributed by atoms with van der Waals surface area (Å²) in [6.07, 6.45) is 3.23. The van der Waals surface area contributed by atoms with E-state index in [1.165, 1.54) is 0 Å². The molecular formula is C18H19N5O2. The summed E-state index contributed by atoms with van der Waals surface area (Å²) >= 11 is 0. The van der Waals surface area contributed by atoms with Crippen LogP contribution < -0.4 is 5.73 Å². The molecule has 0 saturated carbocycles. The minimum atomic E-state index is -0.120. The molecule has 3 heterocycles. The Bertz CT molecular complexity index is 869. The summed E-state index contributed by atoms with van der Waals surface area (Å²) in [5, 5.41) is 7.56. The third kappa shape index (κ3) is 2.94. The first-order chi connectivity index (χ1) is 12.1. The van der Waals surface area contributed by atoms with Gasteiger partial charge in [-0.1, -0.05) is 0 Å². The average Bonchev–Trinajstić information content (AvgIpc) is 3.35. The zero-order chi connectivity index (χ0) is 17.4. The number of amides is 1. The number of hydrogen-bond acceptors (Lipinski definition) is 5. The van der Waals surface area contributed by atoms with Crippen LogP contribution in [0.4, 0.5) is 0 Å². The third-order valence-corrected chi connectivity index (χ3v) is 4.61. The van der Waals surface area contributed by atoms with Crippen molar-refractivity contribution >= 4 is 5.91 Å². The topological polar surface area (TPSA) is 90.2 Å². The van der Waals surface area contributed by atoms with Gasteiger partial charge in [0.2, 0.25) is 0 Å². The number of benzene rings is 1. The molecule has 1 saturated heterocycles. The van der Waals surface area contributed by atoms with Gasteiger partial charge in [-0.05, 0) is 43.3 Å². The maximum absolute atomic E-state index is 12.8. The van der Waals surface area contributed by atoms with E-state index in [9.17, 15) is 4.79 Å². The first-order valence-corrected chi connectivity index (χ1v) is 8.18. The first-order valence-electron chi connectivity index (χ1n) is 8.18. The van der Waals surface area contributed by atoms with E-state index >= 15 is 0 Å². The van der Waals surface area contributed by atoms with E-state index in [1.54, 1.807) is 22.1 Å². The highest BCUT2D eigenvalue weighted by molar-refractivity contribution is 5.94. The quantitative estimate of drug-likeness (QED) is 0.786.